The number of benzene rings is 3. The molecule has 27 heavy (non-hydrogen) atoms. The second-order valence-corrected chi connectivity index (χ2v) is 8.99. The quantitative estimate of drug-likeness (QED) is 0.510. The largest absolute Gasteiger partial charge is 0.508 e. The van der Waals surface area contributed by atoms with Gasteiger partial charge in [0.05, 0.1) is 10.6 Å². The molecule has 3 aromatic carbocycles. The lowest BCUT2D eigenvalue weighted by Crippen LogP contribution is -2.25. The van der Waals surface area contributed by atoms with Crippen LogP contribution in [0.1, 0.15) is 22.3 Å². The molecule has 4 nitrogen and oxygen atoms in total. The Morgan fingerprint density at radius 2 is 1.30 bits per heavy atom. The van der Waals surface area contributed by atoms with Crippen molar-refractivity contribution in [1.82, 2.24) is 0 Å². The number of aryl methyl sites for hydroxylation is 4. The van der Waals surface area contributed by atoms with Gasteiger partial charge in [-0.2, -0.15) is 0 Å². The van der Waals surface area contributed by atoms with Crippen molar-refractivity contribution < 1.29 is 19.3 Å². The summed E-state index contributed by atoms with van der Waals surface area (Å²) in [5.41, 5.74) is 3.29. The minimum absolute atomic E-state index is 0.0839. The minimum atomic E-state index is -3.75. The molecule has 0 aliphatic carbocycles. The van der Waals surface area contributed by atoms with Crippen molar-refractivity contribution in [3.63, 3.8) is 0 Å². The molecule has 0 heterocycles. The lowest BCUT2D eigenvalue weighted by atomic mass is 10.1. The highest BCUT2D eigenvalue weighted by Crippen LogP contribution is 2.50. The van der Waals surface area contributed by atoms with Crippen molar-refractivity contribution in [1.29, 1.82) is 0 Å². The number of phenols is 2. The van der Waals surface area contributed by atoms with Crippen LogP contribution in [0.5, 0.6) is 17.2 Å². The predicted octanol–water partition coefficient (Wildman–Crippen LogP) is 4.64. The molecule has 3 aromatic rings. The summed E-state index contributed by atoms with van der Waals surface area (Å²) in [5, 5.41) is 21.1. The maximum atomic E-state index is 14.4. The topological polar surface area (TPSA) is 66.8 Å². The fraction of sp³-hybridized carbons (Fsp3) is 0.182. The van der Waals surface area contributed by atoms with Gasteiger partial charge in [0.1, 0.15) is 17.2 Å². The average molecular weight is 382 g/mol. The maximum absolute atomic E-state index is 14.4. The van der Waals surface area contributed by atoms with Crippen molar-refractivity contribution in [3.8, 4) is 17.2 Å². The summed E-state index contributed by atoms with van der Waals surface area (Å²) in [5.74, 6) is 0.260. The molecule has 0 saturated carbocycles. The highest BCUT2D eigenvalue weighted by atomic mass is 31.2. The van der Waals surface area contributed by atoms with Gasteiger partial charge in [0, 0.05) is 0 Å². The smallest absolute Gasteiger partial charge is 0.311 e. The van der Waals surface area contributed by atoms with E-state index in [2.05, 4.69) is 0 Å². The Hall–Kier alpha value is -2.71. The molecule has 1 atom stereocenters. The number of phenolic OH excluding ortho intramolecular Hbond substituents is 2. The Bertz CT molecular complexity index is 1020. The molecule has 0 amide bonds. The monoisotopic (exact) mass is 382 g/mol. The third kappa shape index (κ3) is 3.45. The number of hydrogen-bond donors (Lipinski definition) is 2. The van der Waals surface area contributed by atoms with Crippen LogP contribution in [0.3, 0.4) is 0 Å². The van der Waals surface area contributed by atoms with Gasteiger partial charge in [0.2, 0.25) is 0 Å². The van der Waals surface area contributed by atoms with E-state index >= 15 is 0 Å². The van der Waals surface area contributed by atoms with E-state index in [9.17, 15) is 14.8 Å². The van der Waals surface area contributed by atoms with Gasteiger partial charge in [0.15, 0.2) is 0 Å². The molecule has 0 fully saturated rings. The van der Waals surface area contributed by atoms with Crippen LogP contribution in [0.25, 0.3) is 0 Å². The zero-order valence-corrected chi connectivity index (χ0v) is 16.7. The molecule has 3 rings (SSSR count). The molecule has 1 unspecified atom stereocenters. The molecular weight excluding hydrogens is 359 g/mol. The van der Waals surface area contributed by atoms with E-state index in [1.54, 1.807) is 0 Å². The normalized spacial score (nSPS) is 13.2. The van der Waals surface area contributed by atoms with E-state index < -0.39 is 7.37 Å². The van der Waals surface area contributed by atoms with E-state index in [4.69, 9.17) is 4.52 Å². The SMILES string of the molecule is Cc1cccc(C)c1OP(=O)(c1cc(O)ccc1O)c1c(C)cccc1C. The number of hydrogen-bond acceptors (Lipinski definition) is 4. The van der Waals surface area contributed by atoms with E-state index in [-0.39, 0.29) is 16.8 Å². The van der Waals surface area contributed by atoms with E-state index in [0.717, 1.165) is 22.3 Å². The van der Waals surface area contributed by atoms with Gasteiger partial charge in [-0.1, -0.05) is 36.4 Å². The fourth-order valence-corrected chi connectivity index (χ4v) is 6.04. The lowest BCUT2D eigenvalue weighted by molar-refractivity contribution is 0.459. The van der Waals surface area contributed by atoms with Crippen LogP contribution in [0, 0.1) is 27.7 Å². The van der Waals surface area contributed by atoms with Crippen molar-refractivity contribution in [2.24, 2.45) is 0 Å². The maximum Gasteiger partial charge on any atom is 0.311 e. The molecule has 0 saturated heterocycles. The van der Waals surface area contributed by atoms with E-state index in [1.807, 2.05) is 64.1 Å². The Labute approximate surface area is 159 Å². The molecule has 0 aliphatic heterocycles. The molecule has 0 bridgehead atoms. The lowest BCUT2D eigenvalue weighted by Gasteiger charge is -2.26. The van der Waals surface area contributed by atoms with Gasteiger partial charge >= 0.3 is 7.37 Å². The second kappa shape index (κ2) is 7.13. The summed E-state index contributed by atoms with van der Waals surface area (Å²) < 4.78 is 20.6. The molecule has 5 heteroatoms. The van der Waals surface area contributed by atoms with Gasteiger partial charge in [-0.05, 0) is 68.1 Å². The van der Waals surface area contributed by atoms with Crippen molar-refractivity contribution in [2.45, 2.75) is 27.7 Å². The van der Waals surface area contributed by atoms with Crippen molar-refractivity contribution in [2.75, 3.05) is 0 Å². The zero-order chi connectivity index (χ0) is 19.8. The van der Waals surface area contributed by atoms with Gasteiger partial charge in [-0.25, -0.2) is 0 Å². The average Bonchev–Trinajstić information content (AvgIpc) is 2.60. The highest BCUT2D eigenvalue weighted by molar-refractivity contribution is 7.75. The molecule has 0 spiro atoms. The molecule has 0 aliphatic rings. The van der Waals surface area contributed by atoms with Crippen LogP contribution in [-0.4, -0.2) is 10.2 Å². The first-order valence-corrected chi connectivity index (χ1v) is 10.3. The molecule has 2 N–H and O–H groups in total. The summed E-state index contributed by atoms with van der Waals surface area (Å²) in [6.45, 7) is 7.51. The first-order valence-electron chi connectivity index (χ1n) is 8.69. The van der Waals surface area contributed by atoms with Crippen LogP contribution in [0.2, 0.25) is 0 Å². The van der Waals surface area contributed by atoms with Crippen LogP contribution in [0.15, 0.2) is 54.6 Å². The Morgan fingerprint density at radius 3 is 1.85 bits per heavy atom. The first kappa shape index (κ1) is 19.1. The Kier molecular flexibility index (Phi) is 5.03. The molecular formula is C22H23O4P. The number of para-hydroxylation sites is 1. The highest BCUT2D eigenvalue weighted by Gasteiger charge is 2.37. The first-order chi connectivity index (χ1) is 12.7. The summed E-state index contributed by atoms with van der Waals surface area (Å²) in [4.78, 5) is 0. The van der Waals surface area contributed by atoms with Gasteiger partial charge in [0.25, 0.3) is 0 Å². The number of aromatic hydroxyl groups is 2. The van der Waals surface area contributed by atoms with Crippen LogP contribution in [-0.2, 0) is 4.57 Å². The summed E-state index contributed by atoms with van der Waals surface area (Å²) in [7, 11) is -3.75. The predicted molar refractivity (Wildman–Crippen MR) is 109 cm³/mol. The zero-order valence-electron chi connectivity index (χ0n) is 15.9. The third-order valence-electron chi connectivity index (χ3n) is 4.64. The van der Waals surface area contributed by atoms with Gasteiger partial charge in [-0.15, -0.1) is 0 Å². The van der Waals surface area contributed by atoms with E-state index in [1.165, 1.54) is 18.2 Å². The van der Waals surface area contributed by atoms with Crippen LogP contribution >= 0.6 is 7.37 Å². The summed E-state index contributed by atoms with van der Waals surface area (Å²) >= 11 is 0. The van der Waals surface area contributed by atoms with Crippen LogP contribution in [0.4, 0.5) is 0 Å². The molecule has 0 radical (unpaired) electrons. The van der Waals surface area contributed by atoms with E-state index in [0.29, 0.717) is 11.1 Å². The van der Waals surface area contributed by atoms with Crippen molar-refractivity contribution in [3.05, 3.63) is 76.9 Å². The van der Waals surface area contributed by atoms with Crippen molar-refractivity contribution >= 4 is 18.0 Å². The van der Waals surface area contributed by atoms with Crippen LogP contribution < -0.4 is 15.1 Å². The van der Waals surface area contributed by atoms with Gasteiger partial charge < -0.3 is 14.7 Å². The minimum Gasteiger partial charge on any atom is -0.508 e. The second-order valence-electron chi connectivity index (χ2n) is 6.78. The molecule has 0 aromatic heterocycles. The third-order valence-corrected chi connectivity index (χ3v) is 7.36. The summed E-state index contributed by atoms with van der Waals surface area (Å²) in [6, 6.07) is 15.3. The van der Waals surface area contributed by atoms with Gasteiger partial charge in [-0.3, -0.25) is 4.57 Å². The molecule has 140 valence electrons. The Morgan fingerprint density at radius 1 is 0.778 bits per heavy atom. The fourth-order valence-electron chi connectivity index (χ4n) is 3.30. The standard InChI is InChI=1S/C22H23O4P/c1-14-7-5-8-15(2)21(14)26-27(25,20-13-18(23)11-12-19(20)24)22-16(3)9-6-10-17(22)4/h5-13,23-24H,1-4H3. The Balaban J connectivity index is 2.34. The number of rotatable bonds is 4. The summed E-state index contributed by atoms with van der Waals surface area (Å²) in [6.07, 6.45) is 0.